The number of benzene rings is 1. The largest absolute Gasteiger partial charge is 0.493 e. The number of carbonyl (C=O) groups is 3. The number of ether oxygens (including phenoxy) is 4. The number of nitrogens with zero attached hydrogens (tertiary/aromatic N) is 2. The van der Waals surface area contributed by atoms with E-state index in [1.165, 1.54) is 25.2 Å². The number of carbonyl (C=O) groups excluding carboxylic acids is 3. The summed E-state index contributed by atoms with van der Waals surface area (Å²) in [4.78, 5) is 51.2. The molecule has 0 saturated heterocycles. The van der Waals surface area contributed by atoms with Gasteiger partial charge in [-0.3, -0.25) is 14.9 Å². The van der Waals surface area contributed by atoms with Gasteiger partial charge >= 0.3 is 12.1 Å². The molecule has 1 aliphatic heterocycles. The normalized spacial score (nSPS) is 12.4. The fourth-order valence-corrected chi connectivity index (χ4v) is 4.90. The first-order valence-corrected chi connectivity index (χ1v) is 11.5. The van der Waals surface area contributed by atoms with Crippen molar-refractivity contribution in [3.63, 3.8) is 0 Å². The Kier molecular flexibility index (Phi) is 8.12. The van der Waals surface area contributed by atoms with Crippen LogP contribution in [0, 0.1) is 10.1 Å². The molecule has 0 radical (unpaired) electrons. The lowest BCUT2D eigenvalue weighted by molar-refractivity contribution is -0.385. The summed E-state index contributed by atoms with van der Waals surface area (Å²) < 4.78 is 20.5. The molecule has 0 unspecified atom stereocenters. The van der Waals surface area contributed by atoms with Gasteiger partial charge in [-0.2, -0.15) is 0 Å². The van der Waals surface area contributed by atoms with Crippen LogP contribution >= 0.6 is 11.3 Å². The number of esters is 1. The molecule has 1 N–H and O–H groups in total. The van der Waals surface area contributed by atoms with E-state index in [0.717, 1.165) is 17.4 Å². The zero-order valence-corrected chi connectivity index (χ0v) is 20.5. The Bertz CT molecular complexity index is 1160. The van der Waals surface area contributed by atoms with E-state index in [1.54, 1.807) is 13.8 Å². The van der Waals surface area contributed by atoms with Gasteiger partial charge in [-0.05, 0) is 25.8 Å². The Balaban J connectivity index is 2.01. The highest BCUT2D eigenvalue weighted by Gasteiger charge is 2.33. The monoisotopic (exact) mass is 507 g/mol. The maximum Gasteiger partial charge on any atom is 0.410 e. The number of fused-ring (bicyclic) bond motifs is 1. The van der Waals surface area contributed by atoms with E-state index in [2.05, 4.69) is 5.32 Å². The van der Waals surface area contributed by atoms with Crippen LogP contribution in [0.5, 0.6) is 11.5 Å². The average molecular weight is 508 g/mol. The number of amides is 2. The highest BCUT2D eigenvalue weighted by molar-refractivity contribution is 7.17. The second kappa shape index (κ2) is 11.0. The molecule has 0 aliphatic carbocycles. The van der Waals surface area contributed by atoms with Gasteiger partial charge in [-0.15, -0.1) is 11.3 Å². The highest BCUT2D eigenvalue weighted by atomic mass is 32.1. The Morgan fingerprint density at radius 2 is 1.77 bits per heavy atom. The van der Waals surface area contributed by atoms with E-state index in [4.69, 9.17) is 18.9 Å². The maximum atomic E-state index is 13.2. The number of hydrogen-bond donors (Lipinski definition) is 1. The first-order chi connectivity index (χ1) is 16.7. The first kappa shape index (κ1) is 25.7. The summed E-state index contributed by atoms with van der Waals surface area (Å²) in [6.45, 7) is 4.23. The van der Waals surface area contributed by atoms with Crippen molar-refractivity contribution in [1.82, 2.24) is 4.90 Å². The third-order valence-electron chi connectivity index (χ3n) is 5.23. The summed E-state index contributed by atoms with van der Waals surface area (Å²) in [7, 11) is 2.66. The molecule has 2 heterocycles. The van der Waals surface area contributed by atoms with Crippen LogP contribution in [0.4, 0.5) is 15.5 Å². The quantitative estimate of drug-likeness (QED) is 0.321. The van der Waals surface area contributed by atoms with Crippen LogP contribution in [-0.4, -0.2) is 61.8 Å². The molecule has 0 spiro atoms. The zero-order chi connectivity index (χ0) is 25.7. The number of nitrogens with one attached hydrogen (secondary N) is 1. The molecule has 1 aromatic heterocycles. The lowest BCUT2D eigenvalue weighted by Crippen LogP contribution is -2.36. The van der Waals surface area contributed by atoms with E-state index in [1.807, 2.05) is 0 Å². The third kappa shape index (κ3) is 5.29. The molecule has 188 valence electrons. The molecule has 1 aliphatic rings. The lowest BCUT2D eigenvalue weighted by atomic mass is 10.0. The Morgan fingerprint density at radius 1 is 1.11 bits per heavy atom. The molecule has 0 saturated carbocycles. The minimum atomic E-state index is -0.816. The van der Waals surface area contributed by atoms with Crippen molar-refractivity contribution in [2.24, 2.45) is 0 Å². The summed E-state index contributed by atoms with van der Waals surface area (Å²) in [5.41, 5.74) is 0.0626. The first-order valence-electron chi connectivity index (χ1n) is 10.7. The average Bonchev–Trinajstić information content (AvgIpc) is 3.20. The predicted molar refractivity (Wildman–Crippen MR) is 126 cm³/mol. The topological polar surface area (TPSA) is 147 Å². The van der Waals surface area contributed by atoms with Crippen molar-refractivity contribution in [3.05, 3.63) is 43.8 Å². The van der Waals surface area contributed by atoms with Crippen molar-refractivity contribution in [2.45, 2.75) is 26.8 Å². The number of thiophene rings is 1. The second-order valence-electron chi connectivity index (χ2n) is 7.23. The van der Waals surface area contributed by atoms with E-state index in [9.17, 15) is 24.5 Å². The van der Waals surface area contributed by atoms with E-state index < -0.39 is 28.6 Å². The van der Waals surface area contributed by atoms with Crippen molar-refractivity contribution in [1.29, 1.82) is 0 Å². The number of nitro benzene ring substituents is 1. The van der Waals surface area contributed by atoms with Gasteiger partial charge in [0.25, 0.3) is 11.6 Å². The van der Waals surface area contributed by atoms with Gasteiger partial charge in [-0.1, -0.05) is 0 Å². The summed E-state index contributed by atoms with van der Waals surface area (Å²) in [5, 5.41) is 14.4. The van der Waals surface area contributed by atoms with E-state index >= 15 is 0 Å². The van der Waals surface area contributed by atoms with Gasteiger partial charge < -0.3 is 29.2 Å². The second-order valence-corrected chi connectivity index (χ2v) is 8.34. The molecule has 2 aromatic rings. The molecule has 2 amide bonds. The number of anilines is 1. The summed E-state index contributed by atoms with van der Waals surface area (Å²) in [5.74, 6) is -1.23. The molecule has 35 heavy (non-hydrogen) atoms. The fraction of sp³-hybridized carbons (Fsp3) is 0.409. The minimum Gasteiger partial charge on any atom is -0.493 e. The van der Waals surface area contributed by atoms with E-state index in [-0.39, 0.29) is 47.4 Å². The Hall–Kier alpha value is -3.87. The third-order valence-corrected chi connectivity index (χ3v) is 6.36. The van der Waals surface area contributed by atoms with Crippen LogP contribution in [0.25, 0.3) is 0 Å². The van der Waals surface area contributed by atoms with Crippen molar-refractivity contribution < 1.29 is 38.3 Å². The van der Waals surface area contributed by atoms with Crippen molar-refractivity contribution in [2.75, 3.05) is 39.3 Å². The van der Waals surface area contributed by atoms with Gasteiger partial charge in [0.2, 0.25) is 0 Å². The van der Waals surface area contributed by atoms with Gasteiger partial charge in [0.1, 0.15) is 10.6 Å². The zero-order valence-electron chi connectivity index (χ0n) is 19.7. The fourth-order valence-electron chi connectivity index (χ4n) is 3.65. The molecule has 0 bridgehead atoms. The number of nitro groups is 1. The van der Waals surface area contributed by atoms with Crippen LogP contribution in [0.15, 0.2) is 12.1 Å². The smallest absolute Gasteiger partial charge is 0.410 e. The molecule has 13 heteroatoms. The Morgan fingerprint density at radius 3 is 2.37 bits per heavy atom. The Labute approximate surface area is 204 Å². The maximum absolute atomic E-state index is 13.2. The standard InChI is InChI=1S/C22H25N3O9S/c1-5-33-21(27)18-12-7-8-24(22(28)34-6-2)11-17(12)35-20(18)23-19(26)13-9-15(31-3)16(32-4)10-14(13)25(29)30/h9-10H,5-8,11H2,1-4H3,(H,23,26). The van der Waals surface area contributed by atoms with Gasteiger partial charge in [0.15, 0.2) is 11.5 Å². The highest BCUT2D eigenvalue weighted by Crippen LogP contribution is 2.39. The molecular formula is C22H25N3O9S. The molecule has 12 nitrogen and oxygen atoms in total. The molecule has 3 rings (SSSR count). The lowest BCUT2D eigenvalue weighted by Gasteiger charge is -2.26. The van der Waals surface area contributed by atoms with Gasteiger partial charge in [-0.25, -0.2) is 9.59 Å². The number of methoxy groups -OCH3 is 2. The van der Waals surface area contributed by atoms with Crippen molar-refractivity contribution in [3.8, 4) is 11.5 Å². The van der Waals surface area contributed by atoms with E-state index in [0.29, 0.717) is 23.4 Å². The number of rotatable bonds is 8. The van der Waals surface area contributed by atoms with Crippen molar-refractivity contribution >= 4 is 40.0 Å². The summed E-state index contributed by atoms with van der Waals surface area (Å²) >= 11 is 1.10. The van der Waals surface area contributed by atoms with Gasteiger partial charge in [0.05, 0.1) is 50.5 Å². The van der Waals surface area contributed by atoms with Crippen LogP contribution in [0.2, 0.25) is 0 Å². The van der Waals surface area contributed by atoms with Crippen LogP contribution in [-0.2, 0) is 22.4 Å². The minimum absolute atomic E-state index is 0.0913. The molecule has 0 fully saturated rings. The molecule has 1 aromatic carbocycles. The predicted octanol–water partition coefficient (Wildman–Crippen LogP) is 3.62. The summed E-state index contributed by atoms with van der Waals surface area (Å²) in [6.07, 6.45) is -0.124. The SMILES string of the molecule is CCOC(=O)c1c(NC(=O)c2cc(OC)c(OC)cc2[N+](=O)[O-])sc2c1CCN(C(=O)OCC)C2. The van der Waals surface area contributed by atoms with Crippen LogP contribution in [0.1, 0.15) is 45.0 Å². The van der Waals surface area contributed by atoms with Crippen LogP contribution in [0.3, 0.4) is 0 Å². The van der Waals surface area contributed by atoms with Gasteiger partial charge in [0, 0.05) is 17.5 Å². The molecular weight excluding hydrogens is 482 g/mol. The summed E-state index contributed by atoms with van der Waals surface area (Å²) in [6, 6.07) is 2.29. The molecule has 0 atom stereocenters. The number of hydrogen-bond acceptors (Lipinski definition) is 10. The van der Waals surface area contributed by atoms with Crippen LogP contribution < -0.4 is 14.8 Å².